The van der Waals surface area contributed by atoms with E-state index < -0.39 is 0 Å². The monoisotopic (exact) mass is 269 g/mol. The van der Waals surface area contributed by atoms with Gasteiger partial charge in [0.25, 0.3) is 0 Å². The summed E-state index contributed by atoms with van der Waals surface area (Å²) in [5.74, 6) is 1.47. The highest BCUT2D eigenvalue weighted by Gasteiger charge is 2.10. The van der Waals surface area contributed by atoms with Crippen LogP contribution in [0, 0.1) is 0 Å². The number of anilines is 1. The molecule has 2 aromatic rings. The quantitative estimate of drug-likeness (QED) is 0.924. The number of ether oxygens (including phenoxy) is 1. The minimum absolute atomic E-state index is 0.113. The Labute approximate surface area is 109 Å². The predicted octanol–water partition coefficient (Wildman–Crippen LogP) is 3.37. The topological polar surface area (TPSA) is 47.0 Å². The van der Waals surface area contributed by atoms with Crippen molar-refractivity contribution in [3.63, 3.8) is 0 Å². The summed E-state index contributed by atoms with van der Waals surface area (Å²) in [6.45, 7) is 2.04. The molecular weight excluding hydrogens is 258 g/mol. The molecule has 1 aromatic carbocycles. The standard InChI is InChI=1S/C11H12ClN3OS/c1-7(13-11-10(12)14-17-15-11)8-3-5-9(16-2)6-4-8/h3-7H,1-2H3,(H,13,15). The van der Waals surface area contributed by atoms with Crippen LogP contribution in [0.4, 0.5) is 5.82 Å². The van der Waals surface area contributed by atoms with Crippen LogP contribution in [-0.4, -0.2) is 15.9 Å². The Hall–Kier alpha value is -1.33. The Kier molecular flexibility index (Phi) is 3.81. The van der Waals surface area contributed by atoms with E-state index in [9.17, 15) is 0 Å². The Morgan fingerprint density at radius 3 is 2.53 bits per heavy atom. The molecule has 1 aromatic heterocycles. The van der Waals surface area contributed by atoms with E-state index in [0.29, 0.717) is 11.0 Å². The van der Waals surface area contributed by atoms with Crippen LogP contribution in [0.1, 0.15) is 18.5 Å². The van der Waals surface area contributed by atoms with Crippen LogP contribution in [0.2, 0.25) is 5.15 Å². The van der Waals surface area contributed by atoms with Gasteiger partial charge < -0.3 is 10.1 Å². The second-order valence-corrected chi connectivity index (χ2v) is 4.43. The predicted molar refractivity (Wildman–Crippen MR) is 70.0 cm³/mol. The van der Waals surface area contributed by atoms with Crippen molar-refractivity contribution < 1.29 is 4.74 Å². The van der Waals surface area contributed by atoms with Crippen LogP contribution in [-0.2, 0) is 0 Å². The molecule has 0 aliphatic carbocycles. The highest BCUT2D eigenvalue weighted by atomic mass is 35.5. The Bertz CT molecular complexity index is 486. The van der Waals surface area contributed by atoms with Crippen LogP contribution < -0.4 is 10.1 Å². The average molecular weight is 270 g/mol. The molecule has 0 saturated heterocycles. The SMILES string of the molecule is COc1ccc(C(C)Nc2nsnc2Cl)cc1. The van der Waals surface area contributed by atoms with Crippen LogP contribution in [0.3, 0.4) is 0 Å². The lowest BCUT2D eigenvalue weighted by Crippen LogP contribution is -2.07. The van der Waals surface area contributed by atoms with Crippen molar-refractivity contribution in [1.82, 2.24) is 8.75 Å². The van der Waals surface area contributed by atoms with Gasteiger partial charge in [0.05, 0.1) is 24.9 Å². The van der Waals surface area contributed by atoms with Gasteiger partial charge in [0.1, 0.15) is 5.75 Å². The van der Waals surface area contributed by atoms with Gasteiger partial charge in [0.2, 0.25) is 0 Å². The van der Waals surface area contributed by atoms with Crippen molar-refractivity contribution in [3.05, 3.63) is 35.0 Å². The van der Waals surface area contributed by atoms with E-state index in [0.717, 1.165) is 23.0 Å². The van der Waals surface area contributed by atoms with E-state index in [2.05, 4.69) is 14.1 Å². The molecule has 0 bridgehead atoms. The number of halogens is 1. The number of aromatic nitrogens is 2. The van der Waals surface area contributed by atoms with Gasteiger partial charge >= 0.3 is 0 Å². The zero-order valence-corrected chi connectivity index (χ0v) is 11.0. The van der Waals surface area contributed by atoms with Crippen molar-refractivity contribution >= 4 is 29.1 Å². The second-order valence-electron chi connectivity index (χ2n) is 3.54. The molecule has 4 nitrogen and oxygen atoms in total. The van der Waals surface area contributed by atoms with Crippen molar-refractivity contribution in [2.75, 3.05) is 12.4 Å². The molecule has 0 radical (unpaired) electrons. The maximum Gasteiger partial charge on any atom is 0.186 e. The first kappa shape index (κ1) is 12.1. The summed E-state index contributed by atoms with van der Waals surface area (Å²) in [4.78, 5) is 0. The van der Waals surface area contributed by atoms with E-state index >= 15 is 0 Å². The number of nitrogens with zero attached hydrogens (tertiary/aromatic N) is 2. The molecule has 0 spiro atoms. The van der Waals surface area contributed by atoms with Crippen LogP contribution in [0.5, 0.6) is 5.75 Å². The maximum atomic E-state index is 5.87. The van der Waals surface area contributed by atoms with Gasteiger partial charge in [-0.3, -0.25) is 0 Å². The molecule has 6 heteroatoms. The molecule has 17 heavy (non-hydrogen) atoms. The number of benzene rings is 1. The fourth-order valence-corrected chi connectivity index (χ4v) is 2.10. The summed E-state index contributed by atoms with van der Waals surface area (Å²) >= 11 is 6.97. The van der Waals surface area contributed by atoms with Crippen LogP contribution in [0.15, 0.2) is 24.3 Å². The highest BCUT2D eigenvalue weighted by molar-refractivity contribution is 6.99. The van der Waals surface area contributed by atoms with Gasteiger partial charge in [-0.25, -0.2) is 0 Å². The third kappa shape index (κ3) is 2.87. The van der Waals surface area contributed by atoms with Crippen molar-refractivity contribution in [2.45, 2.75) is 13.0 Å². The number of hydrogen-bond donors (Lipinski definition) is 1. The normalized spacial score (nSPS) is 12.2. The Morgan fingerprint density at radius 1 is 1.29 bits per heavy atom. The van der Waals surface area contributed by atoms with Gasteiger partial charge in [-0.1, -0.05) is 23.7 Å². The van der Waals surface area contributed by atoms with E-state index in [4.69, 9.17) is 16.3 Å². The van der Waals surface area contributed by atoms with Gasteiger partial charge in [0.15, 0.2) is 11.0 Å². The minimum Gasteiger partial charge on any atom is -0.497 e. The number of rotatable bonds is 4. The summed E-state index contributed by atoms with van der Waals surface area (Å²) < 4.78 is 13.1. The molecule has 1 unspecified atom stereocenters. The smallest absolute Gasteiger partial charge is 0.186 e. The van der Waals surface area contributed by atoms with Crippen LogP contribution in [0.25, 0.3) is 0 Å². The molecule has 0 aliphatic heterocycles. The number of hydrogen-bond acceptors (Lipinski definition) is 5. The molecule has 1 atom stereocenters. The molecule has 1 N–H and O–H groups in total. The fraction of sp³-hybridized carbons (Fsp3) is 0.273. The van der Waals surface area contributed by atoms with Crippen molar-refractivity contribution in [2.24, 2.45) is 0 Å². The maximum absolute atomic E-state index is 5.87. The molecule has 1 heterocycles. The van der Waals surface area contributed by atoms with E-state index in [1.54, 1.807) is 7.11 Å². The Morgan fingerprint density at radius 2 is 2.00 bits per heavy atom. The van der Waals surface area contributed by atoms with Crippen molar-refractivity contribution in [1.29, 1.82) is 0 Å². The highest BCUT2D eigenvalue weighted by Crippen LogP contribution is 2.24. The van der Waals surface area contributed by atoms with E-state index in [-0.39, 0.29) is 6.04 Å². The first-order valence-corrected chi connectivity index (χ1v) is 6.20. The fourth-order valence-electron chi connectivity index (χ4n) is 1.44. The summed E-state index contributed by atoms with van der Waals surface area (Å²) in [7, 11) is 1.65. The second kappa shape index (κ2) is 5.33. The molecular formula is C11H12ClN3OS. The van der Waals surface area contributed by atoms with E-state index in [1.807, 2.05) is 31.2 Å². The largest absolute Gasteiger partial charge is 0.497 e. The molecule has 2 rings (SSSR count). The molecule has 0 fully saturated rings. The lowest BCUT2D eigenvalue weighted by atomic mass is 10.1. The third-order valence-corrected chi connectivity index (χ3v) is 3.31. The van der Waals surface area contributed by atoms with Crippen LogP contribution >= 0.6 is 23.3 Å². The van der Waals surface area contributed by atoms with Gasteiger partial charge in [0, 0.05) is 0 Å². The first-order valence-electron chi connectivity index (χ1n) is 5.09. The third-order valence-electron chi connectivity index (χ3n) is 2.42. The lowest BCUT2D eigenvalue weighted by Gasteiger charge is -2.13. The summed E-state index contributed by atoms with van der Waals surface area (Å²) in [6, 6.07) is 7.97. The summed E-state index contributed by atoms with van der Waals surface area (Å²) in [6.07, 6.45) is 0. The zero-order valence-electron chi connectivity index (χ0n) is 9.48. The first-order chi connectivity index (χ1) is 8.20. The van der Waals surface area contributed by atoms with Gasteiger partial charge in [-0.05, 0) is 24.6 Å². The Balaban J connectivity index is 2.09. The molecule has 0 aliphatic rings. The molecule has 0 saturated carbocycles. The lowest BCUT2D eigenvalue weighted by molar-refractivity contribution is 0.414. The van der Waals surface area contributed by atoms with Gasteiger partial charge in [-0.15, -0.1) is 0 Å². The number of methoxy groups -OCH3 is 1. The summed E-state index contributed by atoms with van der Waals surface area (Å²) in [5, 5.41) is 3.62. The minimum atomic E-state index is 0.113. The zero-order chi connectivity index (χ0) is 12.3. The van der Waals surface area contributed by atoms with E-state index in [1.165, 1.54) is 0 Å². The summed E-state index contributed by atoms with van der Waals surface area (Å²) in [5.41, 5.74) is 1.13. The van der Waals surface area contributed by atoms with Crippen molar-refractivity contribution in [3.8, 4) is 5.75 Å². The average Bonchev–Trinajstić information content (AvgIpc) is 2.75. The molecule has 90 valence electrons. The molecule has 0 amide bonds. The number of nitrogens with one attached hydrogen (secondary N) is 1. The van der Waals surface area contributed by atoms with Gasteiger partial charge in [-0.2, -0.15) is 8.75 Å².